The first-order valence-electron chi connectivity index (χ1n) is 12.6. The number of anilines is 1. The van der Waals surface area contributed by atoms with Crippen molar-refractivity contribution in [2.24, 2.45) is 0 Å². The molecule has 4 rings (SSSR count). The highest BCUT2D eigenvalue weighted by Crippen LogP contribution is 2.42. The largest absolute Gasteiger partial charge is 0.416 e. The Morgan fingerprint density at radius 2 is 1.68 bits per heavy atom. The summed E-state index contributed by atoms with van der Waals surface area (Å²) < 4.78 is 39.2. The number of fused-ring (bicyclic) bond motifs is 2. The number of halogens is 3. The maximum absolute atomic E-state index is 13.7. The van der Waals surface area contributed by atoms with Crippen LogP contribution in [-0.4, -0.2) is 42.9 Å². The minimum absolute atomic E-state index is 0.0633. The fraction of sp³-hybridized carbons (Fsp3) is 0.310. The second-order valence-corrected chi connectivity index (χ2v) is 10.1. The van der Waals surface area contributed by atoms with Gasteiger partial charge in [-0.25, -0.2) is 0 Å². The molecule has 0 fully saturated rings. The van der Waals surface area contributed by atoms with E-state index in [1.54, 1.807) is 24.3 Å². The van der Waals surface area contributed by atoms with Crippen molar-refractivity contribution in [2.75, 3.05) is 31.1 Å². The normalized spacial score (nSPS) is 13.2. The molecule has 0 unspecified atom stereocenters. The first-order valence-corrected chi connectivity index (χ1v) is 13.4. The van der Waals surface area contributed by atoms with Gasteiger partial charge in [0.2, 0.25) is 0 Å². The van der Waals surface area contributed by atoms with Gasteiger partial charge in [-0.3, -0.25) is 9.59 Å². The molecule has 0 aromatic heterocycles. The van der Waals surface area contributed by atoms with E-state index < -0.39 is 11.7 Å². The number of hydrogen-bond acceptors (Lipinski definition) is 4. The Kier molecular flexibility index (Phi) is 8.79. The summed E-state index contributed by atoms with van der Waals surface area (Å²) in [6.07, 6.45) is -3.62. The number of amides is 2. The van der Waals surface area contributed by atoms with E-state index in [4.69, 9.17) is 0 Å². The quantitative estimate of drug-likeness (QED) is 0.315. The molecule has 200 valence electrons. The number of rotatable bonds is 9. The summed E-state index contributed by atoms with van der Waals surface area (Å²) in [4.78, 5) is 32.0. The maximum Gasteiger partial charge on any atom is 0.416 e. The lowest BCUT2D eigenvalue weighted by Gasteiger charge is -2.24. The predicted molar refractivity (Wildman–Crippen MR) is 144 cm³/mol. The van der Waals surface area contributed by atoms with Gasteiger partial charge in [-0.05, 0) is 74.1 Å². The molecule has 1 aliphatic rings. The molecular weight excluding hydrogens is 511 g/mol. The van der Waals surface area contributed by atoms with Crippen molar-refractivity contribution >= 4 is 29.3 Å². The molecule has 9 heteroatoms. The molecule has 3 aromatic carbocycles. The van der Waals surface area contributed by atoms with Crippen molar-refractivity contribution in [3.63, 3.8) is 0 Å². The molecule has 0 radical (unpaired) electrons. The van der Waals surface area contributed by atoms with Crippen LogP contribution < -0.4 is 10.2 Å². The third kappa shape index (κ3) is 6.39. The number of nitrogens with one attached hydrogen (secondary N) is 1. The van der Waals surface area contributed by atoms with Crippen LogP contribution in [0.2, 0.25) is 0 Å². The summed E-state index contributed by atoms with van der Waals surface area (Å²) in [7, 11) is 0. The standard InChI is InChI=1S/C29H30F3N3O2S/c1-3-34(4-2)17-7-16-33-27(36)21-12-15-26-24(18-21)35(28(37)23-8-5-6-9-25(23)38-26)19-20-10-13-22(14-11-20)29(30,31)32/h5-6,8-15,18H,3-4,7,16-17,19H2,1-2H3,(H,33,36). The van der Waals surface area contributed by atoms with Gasteiger partial charge in [0.1, 0.15) is 0 Å². The fourth-order valence-corrected chi connectivity index (χ4v) is 5.41. The smallest absolute Gasteiger partial charge is 0.352 e. The molecule has 5 nitrogen and oxygen atoms in total. The molecule has 0 spiro atoms. The lowest BCUT2D eigenvalue weighted by Crippen LogP contribution is -2.31. The van der Waals surface area contributed by atoms with Gasteiger partial charge in [-0.2, -0.15) is 13.2 Å². The number of benzene rings is 3. The van der Waals surface area contributed by atoms with Gasteiger partial charge in [0, 0.05) is 21.9 Å². The predicted octanol–water partition coefficient (Wildman–Crippen LogP) is 6.48. The van der Waals surface area contributed by atoms with Crippen molar-refractivity contribution < 1.29 is 22.8 Å². The molecule has 0 saturated heterocycles. The highest BCUT2D eigenvalue weighted by Gasteiger charge is 2.31. The maximum atomic E-state index is 13.7. The van der Waals surface area contributed by atoms with E-state index in [1.165, 1.54) is 28.8 Å². The summed E-state index contributed by atoms with van der Waals surface area (Å²) in [6.45, 7) is 7.60. The Balaban J connectivity index is 1.61. The molecule has 38 heavy (non-hydrogen) atoms. The minimum Gasteiger partial charge on any atom is -0.352 e. The third-order valence-corrected chi connectivity index (χ3v) is 7.69. The minimum atomic E-state index is -4.44. The molecule has 3 aromatic rings. The summed E-state index contributed by atoms with van der Waals surface area (Å²) >= 11 is 1.43. The second-order valence-electron chi connectivity index (χ2n) is 9.00. The van der Waals surface area contributed by atoms with E-state index in [2.05, 4.69) is 24.1 Å². The zero-order valence-corrected chi connectivity index (χ0v) is 22.2. The van der Waals surface area contributed by atoms with Gasteiger partial charge in [-0.1, -0.05) is 49.9 Å². The summed E-state index contributed by atoms with van der Waals surface area (Å²) in [5.41, 5.74) is 1.27. The SMILES string of the molecule is CCN(CC)CCCNC(=O)c1ccc2c(c1)N(Cc1ccc(C(F)(F)F)cc1)C(=O)c1ccccc1S2. The van der Waals surface area contributed by atoms with Gasteiger partial charge >= 0.3 is 6.18 Å². The van der Waals surface area contributed by atoms with Gasteiger partial charge in [-0.15, -0.1) is 0 Å². The second kappa shape index (κ2) is 12.0. The number of carbonyl (C=O) groups excluding carboxylic acids is 2. The Bertz CT molecular complexity index is 1290. The number of carbonyl (C=O) groups is 2. The number of alkyl halides is 3. The van der Waals surface area contributed by atoms with E-state index in [-0.39, 0.29) is 18.4 Å². The average molecular weight is 542 g/mol. The Morgan fingerprint density at radius 1 is 0.974 bits per heavy atom. The van der Waals surface area contributed by atoms with Crippen molar-refractivity contribution in [1.82, 2.24) is 10.2 Å². The van der Waals surface area contributed by atoms with Crippen LogP contribution in [-0.2, 0) is 12.7 Å². The van der Waals surface area contributed by atoms with Crippen LogP contribution in [0.4, 0.5) is 18.9 Å². The fourth-order valence-electron chi connectivity index (χ4n) is 4.35. The summed E-state index contributed by atoms with van der Waals surface area (Å²) in [5.74, 6) is -0.510. The van der Waals surface area contributed by atoms with Crippen LogP contribution in [0.3, 0.4) is 0 Å². The van der Waals surface area contributed by atoms with Gasteiger partial charge in [0.15, 0.2) is 0 Å². The lowest BCUT2D eigenvalue weighted by molar-refractivity contribution is -0.137. The first kappa shape index (κ1) is 27.7. The van der Waals surface area contributed by atoms with Crippen molar-refractivity contribution in [3.8, 4) is 0 Å². The number of hydrogen-bond donors (Lipinski definition) is 1. The molecule has 1 N–H and O–H groups in total. The Labute approximate surface area is 225 Å². The van der Waals surface area contributed by atoms with Gasteiger partial charge in [0.25, 0.3) is 11.8 Å². The van der Waals surface area contributed by atoms with Crippen molar-refractivity contribution in [1.29, 1.82) is 0 Å². The van der Waals surface area contributed by atoms with Crippen LogP contribution in [0.5, 0.6) is 0 Å². The van der Waals surface area contributed by atoms with E-state index in [0.29, 0.717) is 28.9 Å². The molecule has 0 saturated carbocycles. The van der Waals surface area contributed by atoms with Crippen LogP contribution in [0, 0.1) is 0 Å². The molecule has 0 bridgehead atoms. The highest BCUT2D eigenvalue weighted by molar-refractivity contribution is 7.99. The third-order valence-electron chi connectivity index (χ3n) is 6.55. The molecular formula is C29H30F3N3O2S. The Hall–Kier alpha value is -3.30. The summed E-state index contributed by atoms with van der Waals surface area (Å²) in [6, 6.07) is 17.3. The van der Waals surface area contributed by atoms with Crippen molar-refractivity contribution in [3.05, 3.63) is 89.0 Å². The van der Waals surface area contributed by atoms with E-state index in [9.17, 15) is 22.8 Å². The van der Waals surface area contributed by atoms with E-state index in [0.717, 1.165) is 48.0 Å². The summed E-state index contributed by atoms with van der Waals surface area (Å²) in [5, 5.41) is 2.96. The van der Waals surface area contributed by atoms with E-state index in [1.807, 2.05) is 18.2 Å². The zero-order valence-electron chi connectivity index (χ0n) is 21.3. The van der Waals surface area contributed by atoms with Crippen LogP contribution in [0.25, 0.3) is 0 Å². The lowest BCUT2D eigenvalue weighted by atomic mass is 10.1. The highest BCUT2D eigenvalue weighted by atomic mass is 32.2. The topological polar surface area (TPSA) is 52.7 Å². The zero-order chi connectivity index (χ0) is 27.3. The van der Waals surface area contributed by atoms with Crippen molar-refractivity contribution in [2.45, 2.75) is 42.8 Å². The molecule has 1 heterocycles. The van der Waals surface area contributed by atoms with Gasteiger partial charge in [0.05, 0.1) is 23.4 Å². The average Bonchev–Trinajstić information content (AvgIpc) is 3.02. The van der Waals surface area contributed by atoms with Crippen LogP contribution in [0.1, 0.15) is 52.1 Å². The molecule has 2 amide bonds. The molecule has 1 aliphatic heterocycles. The number of nitrogens with zero attached hydrogens (tertiary/aromatic N) is 2. The van der Waals surface area contributed by atoms with Crippen LogP contribution >= 0.6 is 11.8 Å². The Morgan fingerprint density at radius 3 is 2.37 bits per heavy atom. The monoisotopic (exact) mass is 541 g/mol. The first-order chi connectivity index (χ1) is 18.2. The van der Waals surface area contributed by atoms with E-state index >= 15 is 0 Å². The molecule has 0 aliphatic carbocycles. The van der Waals surface area contributed by atoms with Gasteiger partial charge < -0.3 is 15.1 Å². The molecule has 0 atom stereocenters. The van der Waals surface area contributed by atoms with Crippen LogP contribution in [0.15, 0.2) is 76.5 Å².